The van der Waals surface area contributed by atoms with Crippen LogP contribution in [0.25, 0.3) is 0 Å². The minimum absolute atomic E-state index is 0.257. The van der Waals surface area contributed by atoms with E-state index in [4.69, 9.17) is 20.4 Å². The van der Waals surface area contributed by atoms with Crippen molar-refractivity contribution in [3.63, 3.8) is 0 Å². The van der Waals surface area contributed by atoms with Crippen LogP contribution in [0.1, 0.15) is 44.6 Å². The lowest BCUT2D eigenvalue weighted by Crippen LogP contribution is -2.42. The third kappa shape index (κ3) is 6.50. The monoisotopic (exact) mass is 397 g/mol. The van der Waals surface area contributed by atoms with Crippen LogP contribution in [-0.2, 0) is 19.8 Å². The molecule has 0 saturated carbocycles. The third-order valence-corrected chi connectivity index (χ3v) is 4.72. The van der Waals surface area contributed by atoms with Gasteiger partial charge >= 0.3 is 17.9 Å². The molecule has 2 rings (SSSR count). The summed E-state index contributed by atoms with van der Waals surface area (Å²) in [5.41, 5.74) is -1.19. The maximum atomic E-state index is 10.3. The summed E-state index contributed by atoms with van der Waals surface area (Å²) in [6, 6.07) is 7.75. The third-order valence-electron chi connectivity index (χ3n) is 4.72. The molecule has 28 heavy (non-hydrogen) atoms. The van der Waals surface area contributed by atoms with E-state index in [1.807, 2.05) is 12.1 Å². The van der Waals surface area contributed by atoms with Gasteiger partial charge in [0.2, 0.25) is 0 Å². The Morgan fingerprint density at radius 2 is 1.75 bits per heavy atom. The molecular formula is C19H27NO8. The summed E-state index contributed by atoms with van der Waals surface area (Å²) in [5.74, 6) is -4.63. The molecule has 1 atom stereocenters. The van der Waals surface area contributed by atoms with Crippen molar-refractivity contribution in [1.82, 2.24) is 5.32 Å². The molecule has 1 aromatic carbocycles. The van der Waals surface area contributed by atoms with Gasteiger partial charge in [-0.05, 0) is 37.1 Å². The van der Waals surface area contributed by atoms with Crippen LogP contribution in [0.3, 0.4) is 0 Å². The number of aromatic hydroxyl groups is 1. The summed E-state index contributed by atoms with van der Waals surface area (Å²) >= 11 is 0. The number of benzene rings is 1. The minimum atomic E-state index is -2.74. The molecule has 1 aliphatic heterocycles. The van der Waals surface area contributed by atoms with E-state index in [2.05, 4.69) is 18.3 Å². The van der Waals surface area contributed by atoms with E-state index in [1.54, 1.807) is 6.07 Å². The lowest BCUT2D eigenvalue weighted by atomic mass is 9.76. The number of carboxylic acid groups (broad SMARTS) is 3. The van der Waals surface area contributed by atoms with Crippen LogP contribution in [-0.4, -0.2) is 62.1 Å². The molecule has 6 N–H and O–H groups in total. The largest absolute Gasteiger partial charge is 0.508 e. The molecule has 1 fully saturated rings. The molecule has 9 nitrogen and oxygen atoms in total. The molecule has 9 heteroatoms. The van der Waals surface area contributed by atoms with Crippen molar-refractivity contribution >= 4 is 17.9 Å². The lowest BCUT2D eigenvalue weighted by Gasteiger charge is -2.28. The summed E-state index contributed by atoms with van der Waals surface area (Å²) in [6.07, 6.45) is 1.29. The van der Waals surface area contributed by atoms with Crippen molar-refractivity contribution in [2.24, 2.45) is 0 Å². The van der Waals surface area contributed by atoms with Gasteiger partial charge in [0.1, 0.15) is 5.75 Å². The van der Waals surface area contributed by atoms with E-state index in [0.29, 0.717) is 5.75 Å². The van der Waals surface area contributed by atoms with E-state index >= 15 is 0 Å². The Kier molecular flexibility index (Phi) is 8.39. The van der Waals surface area contributed by atoms with Gasteiger partial charge in [-0.25, -0.2) is 4.79 Å². The van der Waals surface area contributed by atoms with Crippen molar-refractivity contribution < 1.29 is 39.9 Å². The number of carbonyl (C=O) groups is 3. The number of hydrogen-bond acceptors (Lipinski definition) is 6. The number of carboxylic acids is 3. The first-order chi connectivity index (χ1) is 13.0. The predicted molar refractivity (Wildman–Crippen MR) is 99.3 cm³/mol. The van der Waals surface area contributed by atoms with Crippen molar-refractivity contribution in [1.29, 1.82) is 0 Å². The highest BCUT2D eigenvalue weighted by Crippen LogP contribution is 2.36. The van der Waals surface area contributed by atoms with E-state index in [9.17, 15) is 19.5 Å². The fraction of sp³-hybridized carbons (Fsp3) is 0.526. The van der Waals surface area contributed by atoms with Crippen LogP contribution in [0.15, 0.2) is 24.3 Å². The highest BCUT2D eigenvalue weighted by atomic mass is 16.4. The van der Waals surface area contributed by atoms with Crippen LogP contribution in [0, 0.1) is 0 Å². The van der Waals surface area contributed by atoms with Gasteiger partial charge in [0.15, 0.2) is 5.60 Å². The average molecular weight is 397 g/mol. The van der Waals surface area contributed by atoms with Crippen LogP contribution < -0.4 is 5.32 Å². The molecule has 0 aromatic heterocycles. The fourth-order valence-corrected chi connectivity index (χ4v) is 3.38. The second kappa shape index (κ2) is 10.0. The molecule has 0 bridgehead atoms. The number of rotatable bonds is 8. The minimum Gasteiger partial charge on any atom is -0.508 e. The summed E-state index contributed by atoms with van der Waals surface area (Å²) in [6.45, 7) is 4.36. The zero-order valence-corrected chi connectivity index (χ0v) is 15.7. The molecule has 1 aromatic rings. The van der Waals surface area contributed by atoms with Gasteiger partial charge in [-0.2, -0.15) is 0 Å². The van der Waals surface area contributed by atoms with Crippen molar-refractivity contribution in [3.05, 3.63) is 29.8 Å². The maximum absolute atomic E-state index is 10.3. The normalized spacial score (nSPS) is 18.8. The second-order valence-electron chi connectivity index (χ2n) is 6.99. The Morgan fingerprint density at radius 1 is 1.14 bits per heavy atom. The molecule has 156 valence electrons. The Labute approximate surface area is 162 Å². The molecular weight excluding hydrogens is 370 g/mol. The van der Waals surface area contributed by atoms with Crippen LogP contribution >= 0.6 is 0 Å². The average Bonchev–Trinajstić information content (AvgIpc) is 3.04. The number of nitrogens with one attached hydrogen (secondary N) is 1. The zero-order chi connectivity index (χ0) is 21.4. The second-order valence-corrected chi connectivity index (χ2v) is 6.99. The van der Waals surface area contributed by atoms with Gasteiger partial charge in [0.05, 0.1) is 12.8 Å². The molecule has 1 unspecified atom stereocenters. The first-order valence-electron chi connectivity index (χ1n) is 8.94. The number of hydrogen-bond donors (Lipinski definition) is 6. The molecule has 0 aliphatic carbocycles. The lowest BCUT2D eigenvalue weighted by molar-refractivity contribution is -0.170. The number of phenolic OH excluding ortho intramolecular Hbond substituents is 1. The van der Waals surface area contributed by atoms with Crippen molar-refractivity contribution in [3.8, 4) is 5.75 Å². The van der Waals surface area contributed by atoms with E-state index in [1.165, 1.54) is 24.8 Å². The number of aliphatic hydroxyl groups is 1. The summed E-state index contributed by atoms with van der Waals surface area (Å²) < 4.78 is 0. The van der Waals surface area contributed by atoms with Crippen LogP contribution in [0.4, 0.5) is 0 Å². The topological polar surface area (TPSA) is 164 Å². The molecule has 1 aliphatic rings. The van der Waals surface area contributed by atoms with Gasteiger partial charge in [-0.15, -0.1) is 0 Å². The SMILES string of the molecule is CCCC1(c2cccc(O)c2)CCNC1.O=C(O)CC(O)(CC(=O)O)C(=O)O. The maximum Gasteiger partial charge on any atom is 0.336 e. The van der Waals surface area contributed by atoms with Crippen molar-refractivity contribution in [2.75, 3.05) is 13.1 Å². The first kappa shape index (κ1) is 23.4. The van der Waals surface area contributed by atoms with E-state index in [0.717, 1.165) is 13.1 Å². The van der Waals surface area contributed by atoms with Gasteiger partial charge in [-0.1, -0.05) is 25.5 Å². The Bertz CT molecular complexity index is 681. The van der Waals surface area contributed by atoms with Crippen LogP contribution in [0.2, 0.25) is 0 Å². The zero-order valence-electron chi connectivity index (χ0n) is 15.7. The Hall–Kier alpha value is -2.65. The quantitative estimate of drug-likeness (QED) is 0.378. The highest BCUT2D eigenvalue weighted by Gasteiger charge is 2.40. The van der Waals surface area contributed by atoms with Gasteiger partial charge in [0, 0.05) is 12.0 Å². The number of phenols is 1. The van der Waals surface area contributed by atoms with E-state index < -0.39 is 36.4 Å². The van der Waals surface area contributed by atoms with Gasteiger partial charge in [-0.3, -0.25) is 9.59 Å². The van der Waals surface area contributed by atoms with Crippen LogP contribution in [0.5, 0.6) is 5.75 Å². The Balaban J connectivity index is 0.000000284. The first-order valence-corrected chi connectivity index (χ1v) is 8.94. The smallest absolute Gasteiger partial charge is 0.336 e. The van der Waals surface area contributed by atoms with E-state index in [-0.39, 0.29) is 5.41 Å². The standard InChI is InChI=1S/C13H19NO.C6H8O7/c1-2-6-13(7-8-14-10-13)11-4-3-5-12(15)9-11;7-3(8)1-6(13,5(11)12)2-4(9)10/h3-5,9,14-15H,2,6-8,10H2,1H3;13H,1-2H2,(H,7,8)(H,9,10)(H,11,12). The summed E-state index contributed by atoms with van der Waals surface area (Å²) in [5, 5.41) is 46.8. The molecule has 0 radical (unpaired) electrons. The molecule has 1 saturated heterocycles. The Morgan fingerprint density at radius 3 is 2.14 bits per heavy atom. The summed E-state index contributed by atoms with van der Waals surface area (Å²) in [4.78, 5) is 30.5. The molecule has 0 amide bonds. The molecule has 1 heterocycles. The number of aliphatic carboxylic acids is 3. The van der Waals surface area contributed by atoms with Gasteiger partial charge < -0.3 is 30.8 Å². The summed E-state index contributed by atoms with van der Waals surface area (Å²) in [7, 11) is 0. The fourth-order valence-electron chi connectivity index (χ4n) is 3.38. The van der Waals surface area contributed by atoms with Gasteiger partial charge in [0.25, 0.3) is 0 Å². The highest BCUT2D eigenvalue weighted by molar-refractivity contribution is 5.88. The molecule has 0 spiro atoms. The predicted octanol–water partition coefficient (Wildman–Crippen LogP) is 1.17. The van der Waals surface area contributed by atoms with Crippen molar-refractivity contribution in [2.45, 2.75) is 50.0 Å².